The monoisotopic (exact) mass is 307 g/mol. The summed E-state index contributed by atoms with van der Waals surface area (Å²) in [7, 11) is 0. The molecule has 4 rings (SSSR count). The van der Waals surface area contributed by atoms with Crippen molar-refractivity contribution in [1.82, 2.24) is 0 Å². The number of para-hydroxylation sites is 1. The lowest BCUT2D eigenvalue weighted by Gasteiger charge is -2.44. The number of hydrogen-bond acceptors (Lipinski definition) is 4. The molecule has 0 saturated heterocycles. The molecule has 1 atom stereocenters. The highest BCUT2D eigenvalue weighted by molar-refractivity contribution is 6.12. The number of ether oxygens (including phenoxy) is 1. The summed E-state index contributed by atoms with van der Waals surface area (Å²) in [5.41, 5.74) is 0.364. The van der Waals surface area contributed by atoms with Crippen LogP contribution in [0.4, 0.5) is 0 Å². The zero-order valence-corrected chi connectivity index (χ0v) is 13.1. The molecule has 0 aliphatic carbocycles. The van der Waals surface area contributed by atoms with E-state index in [4.69, 9.17) is 9.57 Å². The van der Waals surface area contributed by atoms with Gasteiger partial charge in [-0.15, -0.1) is 0 Å². The lowest BCUT2D eigenvalue weighted by Crippen LogP contribution is -2.61. The van der Waals surface area contributed by atoms with Crippen molar-refractivity contribution in [2.45, 2.75) is 31.5 Å². The molecule has 0 radical (unpaired) electrons. The number of hydrogen-bond donors (Lipinski definition) is 0. The van der Waals surface area contributed by atoms with E-state index in [1.165, 1.54) is 0 Å². The third-order valence-corrected chi connectivity index (χ3v) is 4.67. The number of benzene rings is 2. The quantitative estimate of drug-likeness (QED) is 0.808. The van der Waals surface area contributed by atoms with Crippen LogP contribution in [0.2, 0.25) is 0 Å². The zero-order valence-electron chi connectivity index (χ0n) is 13.1. The highest BCUT2D eigenvalue weighted by Crippen LogP contribution is 2.46. The average Bonchev–Trinajstić information content (AvgIpc) is 3.01. The fourth-order valence-electron chi connectivity index (χ4n) is 3.25. The van der Waals surface area contributed by atoms with E-state index in [0.717, 1.165) is 11.3 Å². The Kier molecular flexibility index (Phi) is 2.85. The molecule has 0 bridgehead atoms. The summed E-state index contributed by atoms with van der Waals surface area (Å²) in [4.78, 5) is 18.9. The van der Waals surface area contributed by atoms with Gasteiger partial charge in [0.05, 0.1) is 11.3 Å². The van der Waals surface area contributed by atoms with Crippen molar-refractivity contribution in [3.05, 3.63) is 65.7 Å². The fourth-order valence-corrected chi connectivity index (χ4v) is 3.25. The molecule has 0 N–H and O–H groups in total. The predicted molar refractivity (Wildman–Crippen MR) is 86.9 cm³/mol. The van der Waals surface area contributed by atoms with Crippen molar-refractivity contribution in [3.63, 3.8) is 0 Å². The summed E-state index contributed by atoms with van der Waals surface area (Å²) in [6.45, 7) is 3.76. The van der Waals surface area contributed by atoms with Crippen molar-refractivity contribution >= 4 is 11.5 Å². The van der Waals surface area contributed by atoms with Crippen LogP contribution >= 0.6 is 0 Å². The van der Waals surface area contributed by atoms with Gasteiger partial charge in [-0.3, -0.25) is 4.79 Å². The molecule has 0 amide bonds. The number of ketones is 1. The lowest BCUT2D eigenvalue weighted by atomic mass is 9.73. The van der Waals surface area contributed by atoms with E-state index in [1.54, 1.807) is 6.07 Å². The van der Waals surface area contributed by atoms with Gasteiger partial charge < -0.3 is 9.57 Å². The van der Waals surface area contributed by atoms with Gasteiger partial charge in [-0.05, 0) is 31.5 Å². The molecular formula is C19H17NO3. The molecule has 2 aliphatic heterocycles. The molecule has 4 heteroatoms. The Morgan fingerprint density at radius 3 is 2.48 bits per heavy atom. The van der Waals surface area contributed by atoms with Crippen LogP contribution in [0.1, 0.15) is 36.2 Å². The van der Waals surface area contributed by atoms with Crippen molar-refractivity contribution in [3.8, 4) is 5.75 Å². The Balaban J connectivity index is 1.76. The number of oxime groups is 1. The number of fused-ring (bicyclic) bond motifs is 1. The van der Waals surface area contributed by atoms with E-state index < -0.39 is 11.2 Å². The van der Waals surface area contributed by atoms with E-state index in [2.05, 4.69) is 5.16 Å². The van der Waals surface area contributed by atoms with Crippen LogP contribution in [0.5, 0.6) is 5.75 Å². The molecule has 4 nitrogen and oxygen atoms in total. The van der Waals surface area contributed by atoms with Crippen LogP contribution < -0.4 is 4.74 Å². The maximum absolute atomic E-state index is 13.2. The van der Waals surface area contributed by atoms with Crippen molar-refractivity contribution in [1.29, 1.82) is 0 Å². The highest BCUT2D eigenvalue weighted by atomic mass is 16.7. The molecule has 2 aromatic carbocycles. The van der Waals surface area contributed by atoms with Gasteiger partial charge in [0.15, 0.2) is 5.60 Å². The Hall–Kier alpha value is -2.62. The SMILES string of the molecule is CC1(C)Oc2ccccc2C(=O)C12CC(c1ccccc1)=NO2. The molecule has 0 aromatic heterocycles. The molecule has 1 spiro atoms. The van der Waals surface area contributed by atoms with Crippen LogP contribution in [0.3, 0.4) is 0 Å². The number of nitrogens with zero attached hydrogens (tertiary/aromatic N) is 1. The summed E-state index contributed by atoms with van der Waals surface area (Å²) in [5.74, 6) is 0.531. The summed E-state index contributed by atoms with van der Waals surface area (Å²) in [6, 6.07) is 17.1. The van der Waals surface area contributed by atoms with Crippen molar-refractivity contribution in [2.24, 2.45) is 5.16 Å². The Morgan fingerprint density at radius 2 is 1.70 bits per heavy atom. The van der Waals surface area contributed by atoms with Gasteiger partial charge in [0.25, 0.3) is 0 Å². The van der Waals surface area contributed by atoms with Crippen LogP contribution in [0.15, 0.2) is 59.8 Å². The standard InChI is InChI=1S/C19H17NO3/c1-18(2)19(17(21)14-10-6-7-11-16(14)22-18)12-15(20-23-19)13-8-4-3-5-9-13/h3-11H,12H2,1-2H3. The Bertz CT molecular complexity index is 810. The van der Waals surface area contributed by atoms with Gasteiger partial charge in [0.2, 0.25) is 11.4 Å². The number of carbonyl (C=O) groups is 1. The largest absolute Gasteiger partial charge is 0.482 e. The van der Waals surface area contributed by atoms with Gasteiger partial charge in [-0.1, -0.05) is 47.6 Å². The van der Waals surface area contributed by atoms with Gasteiger partial charge in [0.1, 0.15) is 5.75 Å². The first-order chi connectivity index (χ1) is 11.0. The summed E-state index contributed by atoms with van der Waals surface area (Å²) in [5, 5.41) is 4.22. The Morgan fingerprint density at radius 1 is 1.00 bits per heavy atom. The van der Waals surface area contributed by atoms with Crippen LogP contribution in [0, 0.1) is 0 Å². The molecule has 2 heterocycles. The number of Topliss-reactive ketones (excluding diaryl/α,β-unsaturated/α-hetero) is 1. The summed E-state index contributed by atoms with van der Waals surface area (Å²) >= 11 is 0. The second kappa shape index (κ2) is 4.69. The van der Waals surface area contributed by atoms with Gasteiger partial charge in [0, 0.05) is 6.42 Å². The van der Waals surface area contributed by atoms with E-state index in [1.807, 2.05) is 62.4 Å². The van der Waals surface area contributed by atoms with Crippen molar-refractivity contribution < 1.29 is 14.4 Å². The minimum Gasteiger partial charge on any atom is -0.482 e. The van der Waals surface area contributed by atoms with Crippen LogP contribution in [-0.4, -0.2) is 22.7 Å². The van der Waals surface area contributed by atoms with Crippen molar-refractivity contribution in [2.75, 3.05) is 0 Å². The summed E-state index contributed by atoms with van der Waals surface area (Å²) in [6.07, 6.45) is 0.400. The van der Waals surface area contributed by atoms with E-state index in [-0.39, 0.29) is 5.78 Å². The maximum atomic E-state index is 13.2. The molecule has 1 unspecified atom stereocenters. The summed E-state index contributed by atoms with van der Waals surface area (Å²) < 4.78 is 6.09. The second-order valence-electron chi connectivity index (χ2n) is 6.44. The van der Waals surface area contributed by atoms with Gasteiger partial charge >= 0.3 is 0 Å². The van der Waals surface area contributed by atoms with Gasteiger partial charge in [-0.2, -0.15) is 0 Å². The second-order valence-corrected chi connectivity index (χ2v) is 6.44. The first kappa shape index (κ1) is 14.0. The number of carbonyl (C=O) groups excluding carboxylic acids is 1. The molecule has 0 saturated carbocycles. The molecule has 0 fully saturated rings. The maximum Gasteiger partial charge on any atom is 0.243 e. The first-order valence-electron chi connectivity index (χ1n) is 7.67. The van der Waals surface area contributed by atoms with E-state index in [9.17, 15) is 4.79 Å². The fraction of sp³-hybridized carbons (Fsp3) is 0.263. The third kappa shape index (κ3) is 1.91. The molecule has 23 heavy (non-hydrogen) atoms. The normalized spacial score (nSPS) is 24.6. The topological polar surface area (TPSA) is 47.9 Å². The Labute approximate surface area is 134 Å². The van der Waals surface area contributed by atoms with Gasteiger partial charge in [-0.25, -0.2) is 0 Å². The predicted octanol–water partition coefficient (Wildman–Crippen LogP) is 3.60. The molecular weight excluding hydrogens is 290 g/mol. The van der Waals surface area contributed by atoms with E-state index >= 15 is 0 Å². The first-order valence-corrected chi connectivity index (χ1v) is 7.67. The molecule has 2 aromatic rings. The lowest BCUT2D eigenvalue weighted by molar-refractivity contribution is -0.118. The zero-order chi connectivity index (χ0) is 16.1. The average molecular weight is 307 g/mol. The van der Waals surface area contributed by atoms with Crippen LogP contribution in [0.25, 0.3) is 0 Å². The molecule has 116 valence electrons. The van der Waals surface area contributed by atoms with E-state index in [0.29, 0.717) is 17.7 Å². The smallest absolute Gasteiger partial charge is 0.243 e. The highest BCUT2D eigenvalue weighted by Gasteiger charge is 2.62. The minimum absolute atomic E-state index is 0.0703. The third-order valence-electron chi connectivity index (χ3n) is 4.67. The molecule has 2 aliphatic rings. The minimum atomic E-state index is -1.12. The number of rotatable bonds is 1. The van der Waals surface area contributed by atoms with Crippen LogP contribution in [-0.2, 0) is 4.84 Å².